The third-order valence-electron chi connectivity index (χ3n) is 2.22. The molecule has 0 aliphatic carbocycles. The first kappa shape index (κ1) is 10.5. The van der Waals surface area contributed by atoms with Crippen LogP contribution in [0.3, 0.4) is 0 Å². The van der Waals surface area contributed by atoms with Crippen LogP contribution in [0.2, 0.25) is 0 Å². The normalized spacial score (nSPS) is 10.4. The Balaban J connectivity index is 2.22. The number of nitrogens with zero attached hydrogens (tertiary/aromatic N) is 2. The summed E-state index contributed by atoms with van der Waals surface area (Å²) in [6, 6.07) is 1.59. The van der Waals surface area contributed by atoms with E-state index in [1.807, 2.05) is 13.1 Å². The maximum atomic E-state index is 11.4. The highest BCUT2D eigenvalue weighted by Gasteiger charge is 2.15. The minimum atomic E-state index is -0.396. The van der Waals surface area contributed by atoms with Crippen LogP contribution in [0.15, 0.2) is 29.1 Å². The van der Waals surface area contributed by atoms with Crippen LogP contribution in [0, 0.1) is 6.92 Å². The Morgan fingerprint density at radius 3 is 3.06 bits per heavy atom. The Bertz CT molecular complexity index is 499. The molecular weight excluding hydrogens is 208 g/mol. The summed E-state index contributed by atoms with van der Waals surface area (Å²) < 4.78 is 11.6. The standard InChI is InChI=1S/C11H12N2O3/c1-8-5-12-13(6-8)7-10-9(3-4-16-10)11(14)15-2/h3-6H,7H2,1-2H3. The minimum absolute atomic E-state index is 0.396. The fraction of sp³-hybridized carbons (Fsp3) is 0.273. The third-order valence-corrected chi connectivity index (χ3v) is 2.22. The summed E-state index contributed by atoms with van der Waals surface area (Å²) in [6.45, 7) is 2.37. The third kappa shape index (κ3) is 1.98. The molecule has 0 radical (unpaired) electrons. The van der Waals surface area contributed by atoms with Gasteiger partial charge in [-0.3, -0.25) is 4.68 Å². The van der Waals surface area contributed by atoms with Crippen LogP contribution in [-0.4, -0.2) is 22.9 Å². The van der Waals surface area contributed by atoms with Gasteiger partial charge in [0.05, 0.1) is 26.1 Å². The number of ether oxygens (including phenoxy) is 1. The van der Waals surface area contributed by atoms with Gasteiger partial charge in [-0.15, -0.1) is 0 Å². The number of rotatable bonds is 3. The molecule has 2 aromatic rings. The fourth-order valence-corrected chi connectivity index (χ4v) is 1.46. The van der Waals surface area contributed by atoms with Crippen LogP contribution in [0.25, 0.3) is 0 Å². The Kier molecular flexibility index (Phi) is 2.76. The van der Waals surface area contributed by atoms with Crippen LogP contribution in [0.4, 0.5) is 0 Å². The Labute approximate surface area is 92.6 Å². The summed E-state index contributed by atoms with van der Waals surface area (Å²) in [5.74, 6) is 0.155. The van der Waals surface area contributed by atoms with E-state index in [0.717, 1.165) is 5.56 Å². The molecule has 0 saturated carbocycles. The van der Waals surface area contributed by atoms with Gasteiger partial charge in [0.1, 0.15) is 11.3 Å². The van der Waals surface area contributed by atoms with Crippen molar-refractivity contribution in [1.29, 1.82) is 0 Å². The van der Waals surface area contributed by atoms with Crippen molar-refractivity contribution in [2.45, 2.75) is 13.5 Å². The van der Waals surface area contributed by atoms with Crippen molar-refractivity contribution >= 4 is 5.97 Å². The van der Waals surface area contributed by atoms with E-state index in [1.165, 1.54) is 13.4 Å². The van der Waals surface area contributed by atoms with Gasteiger partial charge < -0.3 is 9.15 Å². The fourth-order valence-electron chi connectivity index (χ4n) is 1.46. The highest BCUT2D eigenvalue weighted by Crippen LogP contribution is 2.13. The monoisotopic (exact) mass is 220 g/mol. The second kappa shape index (κ2) is 4.22. The lowest BCUT2D eigenvalue weighted by molar-refractivity contribution is 0.0598. The van der Waals surface area contributed by atoms with E-state index >= 15 is 0 Å². The molecule has 2 aromatic heterocycles. The van der Waals surface area contributed by atoms with Crippen molar-refractivity contribution in [2.24, 2.45) is 0 Å². The van der Waals surface area contributed by atoms with E-state index in [1.54, 1.807) is 16.9 Å². The molecule has 2 heterocycles. The lowest BCUT2D eigenvalue weighted by Crippen LogP contribution is -2.07. The molecule has 5 nitrogen and oxygen atoms in total. The van der Waals surface area contributed by atoms with Crippen molar-refractivity contribution in [3.8, 4) is 0 Å². The maximum absolute atomic E-state index is 11.4. The Morgan fingerprint density at radius 2 is 2.44 bits per heavy atom. The SMILES string of the molecule is COC(=O)c1ccoc1Cn1cc(C)cn1. The zero-order valence-electron chi connectivity index (χ0n) is 9.14. The van der Waals surface area contributed by atoms with Crippen molar-refractivity contribution in [1.82, 2.24) is 9.78 Å². The van der Waals surface area contributed by atoms with Crippen LogP contribution in [-0.2, 0) is 11.3 Å². The summed E-state index contributed by atoms with van der Waals surface area (Å²) in [6.07, 6.45) is 5.10. The number of carbonyl (C=O) groups excluding carboxylic acids is 1. The predicted molar refractivity (Wildman–Crippen MR) is 56.1 cm³/mol. The topological polar surface area (TPSA) is 57.3 Å². The van der Waals surface area contributed by atoms with Crippen LogP contribution in [0.1, 0.15) is 21.7 Å². The smallest absolute Gasteiger partial charge is 0.341 e. The van der Waals surface area contributed by atoms with Crippen LogP contribution < -0.4 is 0 Å². The van der Waals surface area contributed by atoms with Gasteiger partial charge in [-0.05, 0) is 18.6 Å². The van der Waals surface area contributed by atoms with Gasteiger partial charge >= 0.3 is 5.97 Å². The van der Waals surface area contributed by atoms with E-state index in [2.05, 4.69) is 9.84 Å². The summed E-state index contributed by atoms with van der Waals surface area (Å²) >= 11 is 0. The number of esters is 1. The molecule has 5 heteroatoms. The number of hydrogen-bond acceptors (Lipinski definition) is 4. The van der Waals surface area contributed by atoms with Crippen molar-refractivity contribution in [2.75, 3.05) is 7.11 Å². The molecule has 0 N–H and O–H groups in total. The summed E-state index contributed by atoms with van der Waals surface area (Å²) in [5.41, 5.74) is 1.50. The number of hydrogen-bond donors (Lipinski definition) is 0. The quantitative estimate of drug-likeness (QED) is 0.737. The lowest BCUT2D eigenvalue weighted by Gasteiger charge is -2.01. The maximum Gasteiger partial charge on any atom is 0.341 e. The minimum Gasteiger partial charge on any atom is -0.466 e. The van der Waals surface area contributed by atoms with E-state index < -0.39 is 5.97 Å². The largest absolute Gasteiger partial charge is 0.466 e. The number of aromatic nitrogens is 2. The molecule has 0 amide bonds. The molecule has 0 spiro atoms. The molecule has 2 rings (SSSR count). The predicted octanol–water partition coefficient (Wildman–Crippen LogP) is 1.62. The van der Waals surface area contributed by atoms with Gasteiger partial charge in [-0.25, -0.2) is 4.79 Å². The van der Waals surface area contributed by atoms with Crippen molar-refractivity contribution < 1.29 is 13.9 Å². The van der Waals surface area contributed by atoms with E-state index in [9.17, 15) is 4.79 Å². The van der Waals surface area contributed by atoms with Gasteiger partial charge in [0.25, 0.3) is 0 Å². The van der Waals surface area contributed by atoms with E-state index in [-0.39, 0.29) is 0 Å². The molecule has 84 valence electrons. The molecule has 0 atom stereocenters. The molecular formula is C11H12N2O3. The van der Waals surface area contributed by atoms with Gasteiger partial charge in [0.15, 0.2) is 0 Å². The Hall–Kier alpha value is -2.04. The number of furan rings is 1. The second-order valence-corrected chi connectivity index (χ2v) is 3.46. The molecule has 16 heavy (non-hydrogen) atoms. The van der Waals surface area contributed by atoms with Crippen LogP contribution in [0.5, 0.6) is 0 Å². The summed E-state index contributed by atoms with van der Waals surface area (Å²) in [7, 11) is 1.34. The average Bonchev–Trinajstić information content (AvgIpc) is 2.87. The van der Waals surface area contributed by atoms with Crippen molar-refractivity contribution in [3.63, 3.8) is 0 Å². The van der Waals surface area contributed by atoms with Gasteiger partial charge in [0, 0.05) is 6.20 Å². The molecule has 0 aliphatic heterocycles. The highest BCUT2D eigenvalue weighted by atomic mass is 16.5. The number of aryl methyl sites for hydroxylation is 1. The average molecular weight is 220 g/mol. The molecule has 0 fully saturated rings. The van der Waals surface area contributed by atoms with Crippen LogP contribution >= 0.6 is 0 Å². The molecule has 0 unspecified atom stereocenters. The second-order valence-electron chi connectivity index (χ2n) is 3.46. The zero-order chi connectivity index (χ0) is 11.5. The van der Waals surface area contributed by atoms with Gasteiger partial charge in [0.2, 0.25) is 0 Å². The number of carbonyl (C=O) groups is 1. The first-order valence-electron chi connectivity index (χ1n) is 4.84. The molecule has 0 aliphatic rings. The first-order chi connectivity index (χ1) is 7.70. The molecule has 0 saturated heterocycles. The van der Waals surface area contributed by atoms with Gasteiger partial charge in [-0.2, -0.15) is 5.10 Å². The Morgan fingerprint density at radius 1 is 1.62 bits per heavy atom. The van der Waals surface area contributed by atoms with Gasteiger partial charge in [-0.1, -0.05) is 0 Å². The summed E-state index contributed by atoms with van der Waals surface area (Å²) in [4.78, 5) is 11.4. The van der Waals surface area contributed by atoms with E-state index in [0.29, 0.717) is 17.9 Å². The molecule has 0 bridgehead atoms. The molecule has 0 aromatic carbocycles. The zero-order valence-corrected chi connectivity index (χ0v) is 9.14. The van der Waals surface area contributed by atoms with E-state index in [4.69, 9.17) is 4.42 Å². The number of methoxy groups -OCH3 is 1. The lowest BCUT2D eigenvalue weighted by atomic mass is 10.2. The first-order valence-corrected chi connectivity index (χ1v) is 4.84. The van der Waals surface area contributed by atoms with Crippen molar-refractivity contribution in [3.05, 3.63) is 41.6 Å². The summed E-state index contributed by atoms with van der Waals surface area (Å²) in [5, 5.41) is 4.12. The highest BCUT2D eigenvalue weighted by molar-refractivity contribution is 5.90.